The highest BCUT2D eigenvalue weighted by atomic mass is 19.1. The van der Waals surface area contributed by atoms with Crippen LogP contribution in [0.5, 0.6) is 5.75 Å². The standard InChI is InChI=1S/C17H17FN2O4/c18-13-5-4-6-14(11-13)19-17(22)12-24-20-16(21)9-10-23-15-7-2-1-3-8-15/h1-8,11H,9-10,12H2,(H,19,22)(H,20,21). The predicted molar refractivity (Wildman–Crippen MR) is 85.7 cm³/mol. The fraction of sp³-hybridized carbons (Fsp3) is 0.176. The number of halogens is 1. The Morgan fingerprint density at radius 2 is 1.79 bits per heavy atom. The average Bonchev–Trinajstić information content (AvgIpc) is 2.56. The largest absolute Gasteiger partial charge is 0.493 e. The first kappa shape index (κ1) is 17.4. The lowest BCUT2D eigenvalue weighted by Crippen LogP contribution is -2.29. The Hall–Kier alpha value is -2.93. The van der Waals surface area contributed by atoms with Gasteiger partial charge in [0.2, 0.25) is 5.91 Å². The van der Waals surface area contributed by atoms with Crippen LogP contribution in [0.2, 0.25) is 0 Å². The van der Waals surface area contributed by atoms with Crippen molar-refractivity contribution in [3.05, 3.63) is 60.4 Å². The zero-order chi connectivity index (χ0) is 17.2. The Labute approximate surface area is 138 Å². The number of hydrogen-bond acceptors (Lipinski definition) is 4. The Morgan fingerprint density at radius 3 is 2.54 bits per heavy atom. The van der Waals surface area contributed by atoms with Crippen molar-refractivity contribution in [1.29, 1.82) is 0 Å². The molecule has 2 amide bonds. The van der Waals surface area contributed by atoms with E-state index in [9.17, 15) is 14.0 Å². The molecule has 0 fully saturated rings. The first-order valence-corrected chi connectivity index (χ1v) is 7.27. The van der Waals surface area contributed by atoms with E-state index < -0.39 is 17.6 Å². The smallest absolute Gasteiger partial charge is 0.253 e. The zero-order valence-corrected chi connectivity index (χ0v) is 12.8. The van der Waals surface area contributed by atoms with Crippen LogP contribution in [0.1, 0.15) is 6.42 Å². The molecule has 126 valence electrons. The van der Waals surface area contributed by atoms with Crippen molar-refractivity contribution in [1.82, 2.24) is 5.48 Å². The van der Waals surface area contributed by atoms with Gasteiger partial charge in [-0.15, -0.1) is 0 Å². The van der Waals surface area contributed by atoms with Gasteiger partial charge in [-0.2, -0.15) is 0 Å². The summed E-state index contributed by atoms with van der Waals surface area (Å²) in [5, 5.41) is 2.44. The molecule has 0 aliphatic heterocycles. The molecule has 24 heavy (non-hydrogen) atoms. The number of para-hydroxylation sites is 1. The summed E-state index contributed by atoms with van der Waals surface area (Å²) in [6.07, 6.45) is 0.0837. The Balaban J connectivity index is 1.59. The molecule has 0 unspecified atom stereocenters. The summed E-state index contributed by atoms with van der Waals surface area (Å²) in [6, 6.07) is 14.5. The number of carbonyl (C=O) groups excluding carboxylic acids is 2. The van der Waals surface area contributed by atoms with Crippen LogP contribution in [0, 0.1) is 5.82 Å². The van der Waals surface area contributed by atoms with E-state index >= 15 is 0 Å². The van der Waals surface area contributed by atoms with Gasteiger partial charge in [-0.1, -0.05) is 24.3 Å². The van der Waals surface area contributed by atoms with E-state index in [4.69, 9.17) is 9.57 Å². The van der Waals surface area contributed by atoms with E-state index in [0.717, 1.165) is 0 Å². The number of rotatable bonds is 8. The molecule has 2 aromatic carbocycles. The molecule has 2 aromatic rings. The topological polar surface area (TPSA) is 76.7 Å². The molecule has 7 heteroatoms. The number of carbonyl (C=O) groups is 2. The number of amides is 2. The fourth-order valence-electron chi connectivity index (χ4n) is 1.77. The van der Waals surface area contributed by atoms with Crippen molar-refractivity contribution < 1.29 is 23.6 Å². The maximum absolute atomic E-state index is 13.0. The Morgan fingerprint density at radius 1 is 1.00 bits per heavy atom. The zero-order valence-electron chi connectivity index (χ0n) is 12.8. The van der Waals surface area contributed by atoms with Gasteiger partial charge in [-0.05, 0) is 30.3 Å². The molecule has 6 nitrogen and oxygen atoms in total. The van der Waals surface area contributed by atoms with Gasteiger partial charge in [0.05, 0.1) is 13.0 Å². The van der Waals surface area contributed by atoms with E-state index in [1.807, 2.05) is 18.2 Å². The van der Waals surface area contributed by atoms with Gasteiger partial charge in [-0.3, -0.25) is 14.4 Å². The molecule has 0 radical (unpaired) electrons. The van der Waals surface area contributed by atoms with Crippen LogP contribution in [0.15, 0.2) is 54.6 Å². The molecule has 0 heterocycles. The molecule has 0 spiro atoms. The minimum Gasteiger partial charge on any atom is -0.493 e. The van der Waals surface area contributed by atoms with E-state index in [1.165, 1.54) is 18.2 Å². The van der Waals surface area contributed by atoms with Gasteiger partial charge in [-0.25, -0.2) is 9.87 Å². The van der Waals surface area contributed by atoms with Crippen LogP contribution in [-0.4, -0.2) is 25.0 Å². The SMILES string of the molecule is O=C(CCOc1ccccc1)NOCC(=O)Nc1cccc(F)c1. The van der Waals surface area contributed by atoms with Crippen molar-refractivity contribution in [3.63, 3.8) is 0 Å². The fourth-order valence-corrected chi connectivity index (χ4v) is 1.77. The second kappa shape index (κ2) is 9.26. The number of ether oxygens (including phenoxy) is 1. The highest BCUT2D eigenvalue weighted by Gasteiger charge is 2.06. The van der Waals surface area contributed by atoms with Gasteiger partial charge in [0.15, 0.2) is 6.61 Å². The molecule has 0 aliphatic carbocycles. The van der Waals surface area contributed by atoms with Gasteiger partial charge in [0.25, 0.3) is 5.91 Å². The van der Waals surface area contributed by atoms with Gasteiger partial charge < -0.3 is 10.1 Å². The van der Waals surface area contributed by atoms with Crippen molar-refractivity contribution in [2.75, 3.05) is 18.5 Å². The molecule has 0 atom stereocenters. The molecule has 2 rings (SSSR count). The van der Waals surface area contributed by atoms with Crippen LogP contribution in [0.3, 0.4) is 0 Å². The average molecular weight is 332 g/mol. The van der Waals surface area contributed by atoms with Crippen LogP contribution >= 0.6 is 0 Å². The molecule has 0 bridgehead atoms. The lowest BCUT2D eigenvalue weighted by Gasteiger charge is -2.08. The van der Waals surface area contributed by atoms with E-state index in [0.29, 0.717) is 11.4 Å². The third kappa shape index (κ3) is 6.45. The number of hydrogen-bond donors (Lipinski definition) is 2. The molecular formula is C17H17FN2O4. The normalized spacial score (nSPS) is 10.0. The second-order valence-corrected chi connectivity index (χ2v) is 4.78. The Kier molecular flexibility index (Phi) is 6.73. The van der Waals surface area contributed by atoms with Crippen LogP contribution in [-0.2, 0) is 14.4 Å². The molecule has 2 N–H and O–H groups in total. The highest BCUT2D eigenvalue weighted by molar-refractivity contribution is 5.91. The first-order valence-electron chi connectivity index (χ1n) is 7.27. The highest BCUT2D eigenvalue weighted by Crippen LogP contribution is 2.09. The third-order valence-corrected chi connectivity index (χ3v) is 2.84. The van der Waals surface area contributed by atoms with Crippen LogP contribution in [0.4, 0.5) is 10.1 Å². The lowest BCUT2D eigenvalue weighted by atomic mass is 10.3. The summed E-state index contributed by atoms with van der Waals surface area (Å²) in [7, 11) is 0. The van der Waals surface area contributed by atoms with Crippen LogP contribution < -0.4 is 15.5 Å². The summed E-state index contributed by atoms with van der Waals surface area (Å²) in [5.74, 6) is -0.716. The van der Waals surface area contributed by atoms with Crippen LogP contribution in [0.25, 0.3) is 0 Å². The maximum Gasteiger partial charge on any atom is 0.253 e. The monoisotopic (exact) mass is 332 g/mol. The lowest BCUT2D eigenvalue weighted by molar-refractivity contribution is -0.137. The van der Waals surface area contributed by atoms with E-state index in [-0.39, 0.29) is 19.6 Å². The molecular weight excluding hydrogens is 315 g/mol. The number of hydroxylamine groups is 1. The minimum absolute atomic E-state index is 0.0837. The Bertz CT molecular complexity index is 679. The third-order valence-electron chi connectivity index (χ3n) is 2.84. The minimum atomic E-state index is -0.513. The number of anilines is 1. The van der Waals surface area contributed by atoms with Gasteiger partial charge in [0, 0.05) is 5.69 Å². The molecule has 0 saturated heterocycles. The summed E-state index contributed by atoms with van der Waals surface area (Å²) < 4.78 is 18.3. The maximum atomic E-state index is 13.0. The first-order chi connectivity index (χ1) is 11.6. The van der Waals surface area contributed by atoms with Crippen molar-refractivity contribution in [2.24, 2.45) is 0 Å². The summed E-state index contributed by atoms with van der Waals surface area (Å²) >= 11 is 0. The van der Waals surface area contributed by atoms with Gasteiger partial charge >= 0.3 is 0 Å². The quantitative estimate of drug-likeness (QED) is 0.727. The van der Waals surface area contributed by atoms with Crippen molar-refractivity contribution >= 4 is 17.5 Å². The second-order valence-electron chi connectivity index (χ2n) is 4.78. The van der Waals surface area contributed by atoms with E-state index in [1.54, 1.807) is 18.2 Å². The molecule has 0 saturated carbocycles. The molecule has 0 aliphatic rings. The van der Waals surface area contributed by atoms with E-state index in [2.05, 4.69) is 10.8 Å². The summed E-state index contributed by atoms with van der Waals surface area (Å²) in [6.45, 7) is -0.198. The van der Waals surface area contributed by atoms with Crippen molar-refractivity contribution in [2.45, 2.75) is 6.42 Å². The number of nitrogens with one attached hydrogen (secondary N) is 2. The number of benzene rings is 2. The summed E-state index contributed by atoms with van der Waals surface area (Å²) in [5.41, 5.74) is 2.45. The molecule has 0 aromatic heterocycles. The summed E-state index contributed by atoms with van der Waals surface area (Å²) in [4.78, 5) is 27.9. The van der Waals surface area contributed by atoms with Crippen molar-refractivity contribution in [3.8, 4) is 5.75 Å². The van der Waals surface area contributed by atoms with Gasteiger partial charge in [0.1, 0.15) is 11.6 Å². The predicted octanol–water partition coefficient (Wildman–Crippen LogP) is 2.28.